The van der Waals surface area contributed by atoms with Crippen LogP contribution in [-0.4, -0.2) is 0 Å². The maximum atomic E-state index is 3.36. The maximum Gasteiger partial charge on any atom is 4.00 e. The average Bonchev–Trinajstić information content (AvgIpc) is 3.31. The molecule has 3 heteroatoms. The minimum Gasteiger partial charge on any atom is -1.00 e. The van der Waals surface area contributed by atoms with E-state index in [1.807, 2.05) is 0 Å². The van der Waals surface area contributed by atoms with Crippen LogP contribution in [0.4, 0.5) is 0 Å². The standard InChI is InChI=1S/2C11H13.2ClH.Zr/c2*1-2-6-10(7-3-1)11-8-4-5-9-11;;;/h2*4,6,8H,1-3,5,7H2;2*1H;/q2*-1;;;+4/p-2. The van der Waals surface area contributed by atoms with E-state index < -0.39 is 0 Å². The van der Waals surface area contributed by atoms with Crippen molar-refractivity contribution >= 4 is 0 Å². The summed E-state index contributed by atoms with van der Waals surface area (Å²) in [6.07, 6.45) is 32.9. The van der Waals surface area contributed by atoms with Gasteiger partial charge in [0.25, 0.3) is 0 Å². The van der Waals surface area contributed by atoms with Crippen LogP contribution >= 0.6 is 0 Å². The van der Waals surface area contributed by atoms with Gasteiger partial charge in [-0.05, 0) is 12.8 Å². The zero-order valence-corrected chi connectivity index (χ0v) is 18.8. The van der Waals surface area contributed by atoms with Crippen LogP contribution in [0.2, 0.25) is 0 Å². The second-order valence-electron chi connectivity index (χ2n) is 6.34. The summed E-state index contributed by atoms with van der Waals surface area (Å²) in [4.78, 5) is 0. The molecule has 0 aromatic rings. The Labute approximate surface area is 185 Å². The summed E-state index contributed by atoms with van der Waals surface area (Å²) in [5.74, 6) is 0. The van der Waals surface area contributed by atoms with Gasteiger partial charge in [0.1, 0.15) is 0 Å². The summed E-state index contributed by atoms with van der Waals surface area (Å²) in [7, 11) is 0. The van der Waals surface area contributed by atoms with Crippen molar-refractivity contribution in [3.63, 3.8) is 0 Å². The van der Waals surface area contributed by atoms with E-state index in [0.717, 1.165) is 12.8 Å². The first-order valence-electron chi connectivity index (χ1n) is 8.87. The Kier molecular flexibility index (Phi) is 14.0. The van der Waals surface area contributed by atoms with Gasteiger partial charge in [0, 0.05) is 0 Å². The van der Waals surface area contributed by atoms with Gasteiger partial charge in [0.2, 0.25) is 0 Å². The summed E-state index contributed by atoms with van der Waals surface area (Å²) in [6.45, 7) is 0. The first-order valence-corrected chi connectivity index (χ1v) is 8.87. The summed E-state index contributed by atoms with van der Waals surface area (Å²) in [5, 5.41) is 0. The van der Waals surface area contributed by atoms with E-state index >= 15 is 0 Å². The van der Waals surface area contributed by atoms with E-state index in [1.165, 1.54) is 73.7 Å². The van der Waals surface area contributed by atoms with Crippen molar-refractivity contribution in [2.45, 2.75) is 64.2 Å². The summed E-state index contributed by atoms with van der Waals surface area (Å²) in [6, 6.07) is 0. The zero-order valence-electron chi connectivity index (χ0n) is 14.8. The topological polar surface area (TPSA) is 0 Å². The second kappa shape index (κ2) is 14.0. The third kappa shape index (κ3) is 7.98. The molecule has 0 N–H and O–H groups in total. The predicted octanol–water partition coefficient (Wildman–Crippen LogP) is 0.358. The van der Waals surface area contributed by atoms with Crippen molar-refractivity contribution < 1.29 is 51.0 Å². The molecule has 0 aliphatic heterocycles. The molecule has 0 aromatic heterocycles. The van der Waals surface area contributed by atoms with Gasteiger partial charge in [-0.15, -0.1) is 24.3 Å². The van der Waals surface area contributed by atoms with Gasteiger partial charge in [-0.3, -0.25) is 0 Å². The van der Waals surface area contributed by atoms with Gasteiger partial charge in [-0.2, -0.15) is 46.6 Å². The molecule has 0 aromatic carbocycles. The van der Waals surface area contributed by atoms with Gasteiger partial charge in [0.15, 0.2) is 0 Å². The normalized spacial score (nSPS) is 20.5. The second-order valence-corrected chi connectivity index (χ2v) is 6.34. The molecule has 0 atom stereocenters. The van der Waals surface area contributed by atoms with Crippen molar-refractivity contribution in [1.29, 1.82) is 0 Å². The van der Waals surface area contributed by atoms with Gasteiger partial charge >= 0.3 is 26.2 Å². The van der Waals surface area contributed by atoms with E-state index in [4.69, 9.17) is 0 Å². The molecule has 0 amide bonds. The molecule has 25 heavy (non-hydrogen) atoms. The minimum atomic E-state index is 0. The van der Waals surface area contributed by atoms with Crippen molar-refractivity contribution in [1.82, 2.24) is 0 Å². The van der Waals surface area contributed by atoms with Gasteiger partial charge in [0.05, 0.1) is 0 Å². The van der Waals surface area contributed by atoms with Crippen LogP contribution in [0.1, 0.15) is 64.2 Å². The Balaban J connectivity index is 0.000000411. The monoisotopic (exact) mass is 450 g/mol. The fourth-order valence-corrected chi connectivity index (χ4v) is 3.42. The molecule has 0 unspecified atom stereocenters. The Hall–Kier alpha value is -0.0969. The van der Waals surface area contributed by atoms with Crippen LogP contribution < -0.4 is 24.8 Å². The smallest absolute Gasteiger partial charge is 1.00 e. The molecular formula is C22H26Cl2Zr. The molecule has 4 aliphatic rings. The largest absolute Gasteiger partial charge is 4.00 e. The molecule has 4 aliphatic carbocycles. The number of halogens is 2. The molecule has 0 spiro atoms. The van der Waals surface area contributed by atoms with Crippen LogP contribution in [-0.2, 0) is 26.2 Å². The van der Waals surface area contributed by atoms with E-state index in [9.17, 15) is 0 Å². The molecule has 132 valence electrons. The van der Waals surface area contributed by atoms with Crippen molar-refractivity contribution in [2.24, 2.45) is 0 Å². The number of allylic oxidation sites excluding steroid dienone is 12. The van der Waals surface area contributed by atoms with Crippen LogP contribution in [0.5, 0.6) is 0 Å². The fraction of sp³-hybridized carbons (Fsp3) is 0.455. The Morgan fingerprint density at radius 2 is 1.08 bits per heavy atom. The first kappa shape index (κ1) is 24.9. The zero-order chi connectivity index (χ0) is 15.0. The minimum absolute atomic E-state index is 0. The molecule has 0 saturated carbocycles. The van der Waals surface area contributed by atoms with Crippen LogP contribution in [0.3, 0.4) is 0 Å². The number of hydrogen-bond donors (Lipinski definition) is 0. The summed E-state index contributed by atoms with van der Waals surface area (Å²) in [5.41, 5.74) is 5.80. The molecular weight excluding hydrogens is 426 g/mol. The van der Waals surface area contributed by atoms with Gasteiger partial charge in [-0.1, -0.05) is 51.4 Å². The summed E-state index contributed by atoms with van der Waals surface area (Å²) < 4.78 is 0. The maximum absolute atomic E-state index is 3.36. The van der Waals surface area contributed by atoms with Crippen molar-refractivity contribution in [2.75, 3.05) is 0 Å². The van der Waals surface area contributed by atoms with E-state index in [-0.39, 0.29) is 51.0 Å². The molecule has 0 bridgehead atoms. The van der Waals surface area contributed by atoms with Crippen molar-refractivity contribution in [3.05, 3.63) is 70.9 Å². The van der Waals surface area contributed by atoms with Crippen molar-refractivity contribution in [3.8, 4) is 0 Å². The third-order valence-corrected chi connectivity index (χ3v) is 4.66. The Morgan fingerprint density at radius 3 is 1.36 bits per heavy atom. The average molecular weight is 453 g/mol. The van der Waals surface area contributed by atoms with Crippen LogP contribution in [0, 0.1) is 12.2 Å². The quantitative estimate of drug-likeness (QED) is 0.531. The van der Waals surface area contributed by atoms with Gasteiger partial charge < -0.3 is 24.8 Å². The molecule has 0 nitrogen and oxygen atoms in total. The SMILES string of the molecule is [C-]1=C(C2=CCCCC2)C=CC1.[C-]1=C(C2=CCCCC2)C=CC1.[Cl-].[Cl-].[Zr+4]. The van der Waals surface area contributed by atoms with Crippen LogP contribution in [0.15, 0.2) is 58.7 Å². The Morgan fingerprint density at radius 1 is 0.640 bits per heavy atom. The number of rotatable bonds is 2. The molecule has 0 heterocycles. The van der Waals surface area contributed by atoms with E-state index in [2.05, 4.69) is 48.6 Å². The van der Waals surface area contributed by atoms with E-state index in [0.29, 0.717) is 0 Å². The third-order valence-electron chi connectivity index (χ3n) is 4.66. The fourth-order valence-electron chi connectivity index (χ4n) is 3.42. The predicted molar refractivity (Wildman–Crippen MR) is 94.1 cm³/mol. The first-order chi connectivity index (χ1) is 10.9. The Bertz CT molecular complexity index is 525. The van der Waals surface area contributed by atoms with E-state index in [1.54, 1.807) is 0 Å². The molecule has 4 rings (SSSR count). The molecule has 0 fully saturated rings. The summed E-state index contributed by atoms with van der Waals surface area (Å²) >= 11 is 0. The molecule has 0 saturated heterocycles. The van der Waals surface area contributed by atoms with Crippen LogP contribution in [0.25, 0.3) is 0 Å². The molecule has 0 radical (unpaired) electrons. The number of hydrogen-bond acceptors (Lipinski definition) is 0. The van der Waals surface area contributed by atoms with Gasteiger partial charge in [-0.25, -0.2) is 0 Å².